The van der Waals surface area contributed by atoms with E-state index in [-0.39, 0.29) is 5.82 Å². The molecule has 16 heavy (non-hydrogen) atoms. The molecule has 0 heterocycles. The fraction of sp³-hybridized carbons (Fsp3) is 0.500. The first kappa shape index (κ1) is 13.8. The summed E-state index contributed by atoms with van der Waals surface area (Å²) < 4.78 is 19.7. The van der Waals surface area contributed by atoms with Gasteiger partial charge in [0.25, 0.3) is 0 Å². The van der Waals surface area contributed by atoms with E-state index < -0.39 is 0 Å². The van der Waals surface area contributed by atoms with Crippen molar-refractivity contribution in [1.82, 2.24) is 0 Å². The normalized spacial score (nSPS) is 12.9. The minimum Gasteiger partial charge on any atom is -0.490 e. The third kappa shape index (κ3) is 3.98. The van der Waals surface area contributed by atoms with E-state index >= 15 is 0 Å². The summed E-state index contributed by atoms with van der Waals surface area (Å²) in [6, 6.07) is 4.69. The number of hydrogen-bond donors (Lipinski definition) is 1. The molecule has 4 heteroatoms. The summed E-state index contributed by atoms with van der Waals surface area (Å²) in [5.41, 5.74) is 0. The van der Waals surface area contributed by atoms with Crippen LogP contribution < -0.4 is 4.74 Å². The second kappa shape index (κ2) is 6.50. The monoisotopic (exact) mass is 306 g/mol. The van der Waals surface area contributed by atoms with Crippen molar-refractivity contribution >= 4 is 28.6 Å². The summed E-state index contributed by atoms with van der Waals surface area (Å²) in [6.45, 7) is 4.72. The molecule has 1 unspecified atom stereocenters. The smallest absolute Gasteiger partial charge is 0.165 e. The van der Waals surface area contributed by atoms with Crippen LogP contribution in [0.2, 0.25) is 0 Å². The predicted molar refractivity (Wildman–Crippen MR) is 71.8 cm³/mol. The third-order valence-electron chi connectivity index (χ3n) is 2.52. The van der Waals surface area contributed by atoms with Crippen molar-refractivity contribution in [2.75, 3.05) is 12.4 Å². The van der Waals surface area contributed by atoms with E-state index in [1.807, 2.05) is 0 Å². The highest BCUT2D eigenvalue weighted by Gasteiger charge is 2.13. The molecule has 0 radical (unpaired) electrons. The van der Waals surface area contributed by atoms with Crippen molar-refractivity contribution in [3.05, 3.63) is 28.5 Å². The van der Waals surface area contributed by atoms with E-state index in [0.717, 1.165) is 10.2 Å². The molecule has 1 aromatic carbocycles. The van der Waals surface area contributed by atoms with Gasteiger partial charge in [-0.1, -0.05) is 29.8 Å². The van der Waals surface area contributed by atoms with Crippen molar-refractivity contribution in [2.24, 2.45) is 11.8 Å². The Kier molecular flexibility index (Phi) is 5.62. The lowest BCUT2D eigenvalue weighted by atomic mass is 9.99. The lowest BCUT2D eigenvalue weighted by Gasteiger charge is -2.19. The van der Waals surface area contributed by atoms with E-state index in [2.05, 4.69) is 42.4 Å². The average Bonchev–Trinajstić information content (AvgIpc) is 2.23. The molecule has 0 saturated heterocycles. The Hall–Kier alpha value is -0.220. The van der Waals surface area contributed by atoms with Gasteiger partial charge >= 0.3 is 0 Å². The van der Waals surface area contributed by atoms with Crippen molar-refractivity contribution < 1.29 is 9.13 Å². The number of thiol groups is 1. The molecule has 0 aromatic heterocycles. The molecule has 0 aliphatic heterocycles. The van der Waals surface area contributed by atoms with Gasteiger partial charge in [-0.2, -0.15) is 12.6 Å². The number of ether oxygens (including phenoxy) is 1. The number of hydrogen-bond acceptors (Lipinski definition) is 2. The maximum Gasteiger partial charge on any atom is 0.165 e. The summed E-state index contributed by atoms with van der Waals surface area (Å²) in [4.78, 5) is 0. The fourth-order valence-corrected chi connectivity index (χ4v) is 2.11. The zero-order valence-corrected chi connectivity index (χ0v) is 11.9. The summed E-state index contributed by atoms with van der Waals surface area (Å²) >= 11 is 7.55. The summed E-state index contributed by atoms with van der Waals surface area (Å²) in [5.74, 6) is 1.52. The summed E-state index contributed by atoms with van der Waals surface area (Å²) in [7, 11) is 0. The molecule has 1 nitrogen and oxygen atoms in total. The minimum absolute atomic E-state index is 0.293. The van der Waals surface area contributed by atoms with Gasteiger partial charge in [-0.15, -0.1) is 0 Å². The van der Waals surface area contributed by atoms with Crippen LogP contribution in [0, 0.1) is 17.7 Å². The molecule has 0 aliphatic carbocycles. The zero-order valence-electron chi connectivity index (χ0n) is 9.41. The van der Waals surface area contributed by atoms with Crippen LogP contribution in [0.25, 0.3) is 0 Å². The molecule has 1 atom stereocenters. The fourth-order valence-electron chi connectivity index (χ4n) is 1.24. The van der Waals surface area contributed by atoms with Crippen molar-refractivity contribution in [3.63, 3.8) is 0 Å². The highest BCUT2D eigenvalue weighted by Crippen LogP contribution is 2.23. The van der Waals surface area contributed by atoms with Crippen LogP contribution in [-0.4, -0.2) is 12.4 Å². The van der Waals surface area contributed by atoms with Crippen LogP contribution in [-0.2, 0) is 0 Å². The summed E-state index contributed by atoms with van der Waals surface area (Å²) in [6.07, 6.45) is 0. The third-order valence-corrected chi connectivity index (χ3v) is 3.49. The van der Waals surface area contributed by atoms with Crippen LogP contribution >= 0.6 is 28.6 Å². The molecule has 0 amide bonds. The Morgan fingerprint density at radius 3 is 2.69 bits per heavy atom. The van der Waals surface area contributed by atoms with Gasteiger partial charge in [-0.3, -0.25) is 0 Å². The largest absolute Gasteiger partial charge is 0.490 e. The Balaban J connectivity index is 2.63. The second-order valence-corrected chi connectivity index (χ2v) is 5.35. The quantitative estimate of drug-likeness (QED) is 0.803. The molecule has 0 fully saturated rings. The van der Waals surface area contributed by atoms with Crippen LogP contribution in [0.1, 0.15) is 13.8 Å². The minimum atomic E-state index is -0.329. The molecule has 0 N–H and O–H groups in total. The molecule has 0 aliphatic rings. The van der Waals surface area contributed by atoms with Gasteiger partial charge in [-0.05, 0) is 29.9 Å². The Morgan fingerprint density at radius 1 is 1.44 bits per heavy atom. The maximum atomic E-state index is 13.4. The van der Waals surface area contributed by atoms with Crippen LogP contribution in [0.4, 0.5) is 4.39 Å². The highest BCUT2D eigenvalue weighted by atomic mass is 79.9. The maximum absolute atomic E-state index is 13.4. The molecule has 90 valence electrons. The van der Waals surface area contributed by atoms with Gasteiger partial charge in [0, 0.05) is 10.4 Å². The first-order valence-electron chi connectivity index (χ1n) is 5.23. The highest BCUT2D eigenvalue weighted by molar-refractivity contribution is 9.10. The molecule has 0 bridgehead atoms. The SMILES string of the molecule is CC(C)C(CS)COc1cc(Br)ccc1F. The van der Waals surface area contributed by atoms with Gasteiger partial charge in [0.2, 0.25) is 0 Å². The number of halogens is 2. The first-order valence-corrected chi connectivity index (χ1v) is 6.66. The standard InChI is InChI=1S/C12H16BrFOS/c1-8(2)9(7-16)6-15-12-5-10(13)3-4-11(12)14/h3-5,8-9,16H,6-7H2,1-2H3. The van der Waals surface area contributed by atoms with Crippen LogP contribution in [0.3, 0.4) is 0 Å². The Labute approximate surface area is 110 Å². The van der Waals surface area contributed by atoms with Gasteiger partial charge in [0.1, 0.15) is 0 Å². The topological polar surface area (TPSA) is 9.23 Å². The van der Waals surface area contributed by atoms with Crippen LogP contribution in [0.5, 0.6) is 5.75 Å². The van der Waals surface area contributed by atoms with E-state index in [1.54, 1.807) is 12.1 Å². The molecular formula is C12H16BrFOS. The first-order chi connectivity index (χ1) is 7.54. The summed E-state index contributed by atoms with van der Waals surface area (Å²) in [5, 5.41) is 0. The molecule has 0 spiro atoms. The molecule has 1 rings (SSSR count). The number of rotatable bonds is 5. The van der Waals surface area contributed by atoms with Crippen LogP contribution in [0.15, 0.2) is 22.7 Å². The molecule has 1 aromatic rings. The lowest BCUT2D eigenvalue weighted by molar-refractivity contribution is 0.219. The second-order valence-electron chi connectivity index (χ2n) is 4.07. The van der Waals surface area contributed by atoms with Crippen molar-refractivity contribution in [3.8, 4) is 5.75 Å². The Bertz CT molecular complexity index is 344. The molecular weight excluding hydrogens is 291 g/mol. The van der Waals surface area contributed by atoms with Gasteiger partial charge in [0.05, 0.1) is 6.61 Å². The van der Waals surface area contributed by atoms with Gasteiger partial charge in [-0.25, -0.2) is 4.39 Å². The van der Waals surface area contributed by atoms with E-state index in [9.17, 15) is 4.39 Å². The van der Waals surface area contributed by atoms with Crippen molar-refractivity contribution in [2.45, 2.75) is 13.8 Å². The predicted octanol–water partition coefficient (Wildman–Crippen LogP) is 4.17. The molecule has 0 saturated carbocycles. The van der Waals surface area contributed by atoms with E-state index in [0.29, 0.717) is 24.2 Å². The van der Waals surface area contributed by atoms with Crippen molar-refractivity contribution in [1.29, 1.82) is 0 Å². The van der Waals surface area contributed by atoms with E-state index in [4.69, 9.17) is 4.74 Å². The van der Waals surface area contributed by atoms with E-state index in [1.165, 1.54) is 6.07 Å². The zero-order chi connectivity index (χ0) is 12.1. The number of benzene rings is 1. The van der Waals surface area contributed by atoms with Gasteiger partial charge in [0.15, 0.2) is 11.6 Å². The average molecular weight is 307 g/mol. The van der Waals surface area contributed by atoms with Gasteiger partial charge < -0.3 is 4.74 Å². The Morgan fingerprint density at radius 2 is 2.12 bits per heavy atom. The lowest BCUT2D eigenvalue weighted by Crippen LogP contribution is -2.19.